The number of benzene rings is 1. The van der Waals surface area contributed by atoms with Gasteiger partial charge in [-0.15, -0.1) is 10.2 Å². The predicted molar refractivity (Wildman–Crippen MR) is 78.4 cm³/mol. The van der Waals surface area contributed by atoms with Gasteiger partial charge in [-0.05, 0) is 12.1 Å². The quantitative estimate of drug-likeness (QED) is 0.852. The Morgan fingerprint density at radius 3 is 3.00 bits per heavy atom. The van der Waals surface area contributed by atoms with E-state index in [9.17, 15) is 0 Å². The molecule has 0 saturated heterocycles. The fourth-order valence-corrected chi connectivity index (χ4v) is 2.83. The molecular formula is C12H12ClN5S. The highest BCUT2D eigenvalue weighted by Gasteiger charge is 2.21. The first-order valence-corrected chi connectivity index (χ1v) is 6.65. The normalized spacial score (nSPS) is 14.3. The van der Waals surface area contributed by atoms with Crippen molar-refractivity contribution in [3.63, 3.8) is 0 Å². The molecule has 0 atom stereocenters. The van der Waals surface area contributed by atoms with Crippen molar-refractivity contribution in [1.29, 1.82) is 0 Å². The van der Waals surface area contributed by atoms with E-state index >= 15 is 0 Å². The molecule has 0 amide bonds. The van der Waals surface area contributed by atoms with Gasteiger partial charge < -0.3 is 15.2 Å². The molecule has 2 heterocycles. The number of nitrogens with zero attached hydrogens (tertiary/aromatic N) is 4. The van der Waals surface area contributed by atoms with Gasteiger partial charge in [0.1, 0.15) is 11.3 Å². The molecule has 1 aromatic carbocycles. The number of hydrogen-bond donors (Lipinski definition) is 1. The average Bonchev–Trinajstić information content (AvgIpc) is 2.85. The van der Waals surface area contributed by atoms with Crippen LogP contribution in [0.15, 0.2) is 24.5 Å². The molecule has 98 valence electrons. The van der Waals surface area contributed by atoms with Gasteiger partial charge in [-0.25, -0.2) is 0 Å². The van der Waals surface area contributed by atoms with Gasteiger partial charge in [-0.2, -0.15) is 0 Å². The second kappa shape index (κ2) is 4.79. The number of halogens is 1. The first-order valence-electron chi connectivity index (χ1n) is 5.87. The minimum absolute atomic E-state index is 0.313. The average molecular weight is 294 g/mol. The van der Waals surface area contributed by atoms with Crippen LogP contribution in [-0.2, 0) is 13.1 Å². The molecule has 2 N–H and O–H groups in total. The van der Waals surface area contributed by atoms with E-state index < -0.39 is 0 Å². The van der Waals surface area contributed by atoms with Crippen LogP contribution >= 0.6 is 23.8 Å². The third kappa shape index (κ3) is 2.17. The summed E-state index contributed by atoms with van der Waals surface area (Å²) in [6.07, 6.45) is 1.75. The molecule has 2 aromatic rings. The number of aromatic nitrogens is 3. The molecule has 1 aliphatic rings. The van der Waals surface area contributed by atoms with E-state index in [4.69, 9.17) is 29.6 Å². The van der Waals surface area contributed by atoms with E-state index in [1.54, 1.807) is 12.4 Å². The van der Waals surface area contributed by atoms with E-state index in [0.29, 0.717) is 16.6 Å². The number of anilines is 1. The summed E-state index contributed by atoms with van der Waals surface area (Å²) in [5, 5.41) is 8.60. The summed E-state index contributed by atoms with van der Waals surface area (Å²) < 4.78 is 2.04. The topological polar surface area (TPSA) is 60.0 Å². The minimum atomic E-state index is 0.313. The molecule has 0 unspecified atom stereocenters. The smallest absolute Gasteiger partial charge is 0.152 e. The Kier molecular flexibility index (Phi) is 3.12. The molecule has 1 aromatic heterocycles. The fourth-order valence-electron chi connectivity index (χ4n) is 2.29. The van der Waals surface area contributed by atoms with Crippen LogP contribution in [0.3, 0.4) is 0 Å². The highest BCUT2D eigenvalue weighted by atomic mass is 35.5. The van der Waals surface area contributed by atoms with Crippen LogP contribution in [-0.4, -0.2) is 26.3 Å². The molecule has 0 fully saturated rings. The summed E-state index contributed by atoms with van der Waals surface area (Å²) in [6, 6.07) is 5.68. The summed E-state index contributed by atoms with van der Waals surface area (Å²) in [5.41, 5.74) is 7.47. The third-order valence-corrected chi connectivity index (χ3v) is 3.74. The molecular weight excluding hydrogens is 282 g/mol. The van der Waals surface area contributed by atoms with Crippen LogP contribution in [0.1, 0.15) is 11.4 Å². The second-order valence-corrected chi connectivity index (χ2v) is 5.21. The van der Waals surface area contributed by atoms with Crippen molar-refractivity contribution in [2.75, 3.05) is 11.4 Å². The van der Waals surface area contributed by atoms with Crippen molar-refractivity contribution in [1.82, 2.24) is 14.8 Å². The predicted octanol–water partition coefficient (Wildman–Crippen LogP) is 1.59. The number of hydrogen-bond acceptors (Lipinski definition) is 4. The Balaban J connectivity index is 2.00. The Bertz CT molecular complexity index is 639. The molecule has 0 radical (unpaired) electrons. The van der Waals surface area contributed by atoms with E-state index in [-0.39, 0.29) is 0 Å². The van der Waals surface area contributed by atoms with Crippen molar-refractivity contribution < 1.29 is 0 Å². The van der Waals surface area contributed by atoms with E-state index in [2.05, 4.69) is 15.1 Å². The van der Waals surface area contributed by atoms with Crippen molar-refractivity contribution >= 4 is 34.5 Å². The molecule has 0 aliphatic carbocycles. The summed E-state index contributed by atoms with van der Waals surface area (Å²) in [4.78, 5) is 2.48. The van der Waals surface area contributed by atoms with Crippen molar-refractivity contribution in [2.45, 2.75) is 13.1 Å². The lowest BCUT2D eigenvalue weighted by Crippen LogP contribution is -2.35. The van der Waals surface area contributed by atoms with Gasteiger partial charge in [0, 0.05) is 18.8 Å². The van der Waals surface area contributed by atoms with Gasteiger partial charge in [-0.3, -0.25) is 0 Å². The summed E-state index contributed by atoms with van der Waals surface area (Å²) in [7, 11) is 0. The zero-order chi connectivity index (χ0) is 13.4. The highest BCUT2D eigenvalue weighted by molar-refractivity contribution is 7.80. The maximum atomic E-state index is 6.20. The molecule has 0 saturated carbocycles. The lowest BCUT2D eigenvalue weighted by Gasteiger charge is -2.30. The van der Waals surface area contributed by atoms with Crippen LogP contribution in [0.2, 0.25) is 5.02 Å². The lowest BCUT2D eigenvalue weighted by molar-refractivity contribution is 0.560. The number of fused-ring (bicyclic) bond motifs is 1. The molecule has 5 nitrogen and oxygen atoms in total. The lowest BCUT2D eigenvalue weighted by atomic mass is 10.1. The van der Waals surface area contributed by atoms with Crippen LogP contribution in [0, 0.1) is 0 Å². The first kappa shape index (κ1) is 12.4. The van der Waals surface area contributed by atoms with Crippen molar-refractivity contribution in [2.24, 2.45) is 5.73 Å². The number of thiocarbonyl (C=S) groups is 1. The molecule has 19 heavy (non-hydrogen) atoms. The van der Waals surface area contributed by atoms with Crippen LogP contribution in [0.4, 0.5) is 5.69 Å². The van der Waals surface area contributed by atoms with E-state index in [1.807, 2.05) is 16.7 Å². The molecule has 3 rings (SSSR count). The van der Waals surface area contributed by atoms with Crippen molar-refractivity contribution in [3.8, 4) is 0 Å². The monoisotopic (exact) mass is 293 g/mol. The first-order chi connectivity index (χ1) is 9.16. The Morgan fingerprint density at radius 2 is 2.21 bits per heavy atom. The van der Waals surface area contributed by atoms with Gasteiger partial charge in [-0.1, -0.05) is 29.9 Å². The summed E-state index contributed by atoms with van der Waals surface area (Å²) >= 11 is 11.3. The summed E-state index contributed by atoms with van der Waals surface area (Å²) in [6.45, 7) is 2.36. The van der Waals surface area contributed by atoms with Crippen molar-refractivity contribution in [3.05, 3.63) is 40.9 Å². The SMILES string of the molecule is NC(=S)c1c(Cl)cccc1N1CCn2cnnc2C1. The van der Waals surface area contributed by atoms with Gasteiger partial charge in [0.25, 0.3) is 0 Å². The standard InChI is InChI=1S/C12H12ClN5S/c13-8-2-1-3-9(11(8)12(14)19)17-4-5-18-7-15-16-10(18)6-17/h1-3,7H,4-6H2,(H2,14,19). The van der Waals surface area contributed by atoms with Gasteiger partial charge in [0.2, 0.25) is 0 Å². The van der Waals surface area contributed by atoms with E-state index in [0.717, 1.165) is 30.2 Å². The van der Waals surface area contributed by atoms with Crippen LogP contribution in [0.25, 0.3) is 0 Å². The van der Waals surface area contributed by atoms with Gasteiger partial charge in [0.15, 0.2) is 5.82 Å². The Morgan fingerprint density at radius 1 is 1.37 bits per heavy atom. The van der Waals surface area contributed by atoms with Crippen LogP contribution < -0.4 is 10.6 Å². The number of nitrogens with two attached hydrogens (primary N) is 1. The largest absolute Gasteiger partial charge is 0.389 e. The fraction of sp³-hybridized carbons (Fsp3) is 0.250. The zero-order valence-electron chi connectivity index (χ0n) is 10.1. The van der Waals surface area contributed by atoms with Gasteiger partial charge in [0.05, 0.1) is 17.1 Å². The minimum Gasteiger partial charge on any atom is -0.389 e. The molecule has 0 bridgehead atoms. The van der Waals surface area contributed by atoms with E-state index in [1.165, 1.54) is 0 Å². The highest BCUT2D eigenvalue weighted by Crippen LogP contribution is 2.29. The second-order valence-electron chi connectivity index (χ2n) is 4.36. The summed E-state index contributed by atoms with van der Waals surface area (Å²) in [5.74, 6) is 0.931. The maximum Gasteiger partial charge on any atom is 0.152 e. The number of rotatable bonds is 2. The molecule has 1 aliphatic heterocycles. The maximum absolute atomic E-state index is 6.20. The molecule has 0 spiro atoms. The zero-order valence-corrected chi connectivity index (χ0v) is 11.7. The Hall–Kier alpha value is -1.66. The third-order valence-electron chi connectivity index (χ3n) is 3.22. The molecule has 7 heteroatoms. The van der Waals surface area contributed by atoms with Crippen LogP contribution in [0.5, 0.6) is 0 Å². The van der Waals surface area contributed by atoms with Gasteiger partial charge >= 0.3 is 0 Å². The Labute approximate surface area is 121 Å².